The number of amides is 1. The first-order chi connectivity index (χ1) is 11.0. The number of hydrogen-bond acceptors (Lipinski definition) is 3. The van der Waals surface area contributed by atoms with Crippen molar-refractivity contribution in [1.29, 1.82) is 0 Å². The van der Waals surface area contributed by atoms with Crippen LogP contribution < -0.4 is 5.32 Å². The molecule has 4 nitrogen and oxygen atoms in total. The first kappa shape index (κ1) is 15.7. The van der Waals surface area contributed by atoms with Gasteiger partial charge in [0.25, 0.3) is 0 Å². The maximum atomic E-state index is 12.4. The standard InChI is InChI=1S/C18H19NO3S/c20-18(15-7-5-8-15)19-16-9-4-6-14(12-16)13-23(21,22)17-10-2-1-3-11-17/h1-4,6,9-12,15H,5,7-8,13H2,(H,19,20). The Morgan fingerprint density at radius 2 is 1.78 bits per heavy atom. The Bertz CT molecular complexity index is 796. The number of carbonyl (C=O) groups excluding carboxylic acids is 1. The van der Waals surface area contributed by atoms with Gasteiger partial charge in [0.15, 0.2) is 9.84 Å². The van der Waals surface area contributed by atoms with Gasteiger partial charge in [-0.15, -0.1) is 0 Å². The minimum atomic E-state index is -3.38. The fourth-order valence-corrected chi connectivity index (χ4v) is 3.94. The summed E-state index contributed by atoms with van der Waals surface area (Å²) in [6, 6.07) is 15.5. The molecule has 1 fully saturated rings. The zero-order valence-corrected chi connectivity index (χ0v) is 13.6. The highest BCUT2D eigenvalue weighted by Crippen LogP contribution is 2.28. The van der Waals surface area contributed by atoms with Crippen LogP contribution in [0, 0.1) is 5.92 Å². The third-order valence-electron chi connectivity index (χ3n) is 4.13. The van der Waals surface area contributed by atoms with E-state index in [0.717, 1.165) is 19.3 Å². The predicted octanol–water partition coefficient (Wildman–Crippen LogP) is 3.40. The van der Waals surface area contributed by atoms with Gasteiger partial charge in [0, 0.05) is 11.6 Å². The Balaban J connectivity index is 1.73. The van der Waals surface area contributed by atoms with E-state index in [1.807, 2.05) is 0 Å². The lowest BCUT2D eigenvalue weighted by molar-refractivity contribution is -0.122. The summed E-state index contributed by atoms with van der Waals surface area (Å²) < 4.78 is 24.8. The summed E-state index contributed by atoms with van der Waals surface area (Å²) in [6.07, 6.45) is 2.98. The van der Waals surface area contributed by atoms with E-state index in [2.05, 4.69) is 5.32 Å². The van der Waals surface area contributed by atoms with Crippen LogP contribution in [0.4, 0.5) is 5.69 Å². The maximum absolute atomic E-state index is 12.4. The second-order valence-corrected chi connectivity index (χ2v) is 7.88. The second kappa shape index (κ2) is 6.54. The lowest BCUT2D eigenvalue weighted by Gasteiger charge is -2.24. The monoisotopic (exact) mass is 329 g/mol. The van der Waals surface area contributed by atoms with Gasteiger partial charge in [-0.1, -0.05) is 36.8 Å². The Morgan fingerprint density at radius 1 is 1.04 bits per heavy atom. The maximum Gasteiger partial charge on any atom is 0.227 e. The van der Waals surface area contributed by atoms with Crippen LogP contribution in [0.5, 0.6) is 0 Å². The molecule has 120 valence electrons. The minimum absolute atomic E-state index is 0.0271. The van der Waals surface area contributed by atoms with Crippen molar-refractivity contribution in [2.45, 2.75) is 29.9 Å². The molecule has 0 unspecified atom stereocenters. The fourth-order valence-electron chi connectivity index (χ4n) is 2.58. The summed E-state index contributed by atoms with van der Waals surface area (Å²) in [6.45, 7) is 0. The van der Waals surface area contributed by atoms with Gasteiger partial charge in [-0.25, -0.2) is 8.42 Å². The van der Waals surface area contributed by atoms with E-state index >= 15 is 0 Å². The highest BCUT2D eigenvalue weighted by molar-refractivity contribution is 7.90. The molecule has 23 heavy (non-hydrogen) atoms. The van der Waals surface area contributed by atoms with Crippen molar-refractivity contribution in [3.63, 3.8) is 0 Å². The lowest BCUT2D eigenvalue weighted by atomic mass is 9.85. The molecule has 0 bridgehead atoms. The van der Waals surface area contributed by atoms with E-state index in [1.165, 1.54) is 0 Å². The molecule has 0 heterocycles. The molecule has 0 aromatic heterocycles. The molecule has 5 heteroatoms. The highest BCUT2D eigenvalue weighted by Gasteiger charge is 2.25. The van der Waals surface area contributed by atoms with E-state index in [1.54, 1.807) is 54.6 Å². The van der Waals surface area contributed by atoms with Gasteiger partial charge in [-0.2, -0.15) is 0 Å². The molecule has 0 spiro atoms. The number of sulfone groups is 1. The van der Waals surface area contributed by atoms with Crippen LogP contribution in [-0.4, -0.2) is 14.3 Å². The van der Waals surface area contributed by atoms with Crippen LogP contribution >= 0.6 is 0 Å². The van der Waals surface area contributed by atoms with Crippen LogP contribution in [0.25, 0.3) is 0 Å². The lowest BCUT2D eigenvalue weighted by Crippen LogP contribution is -2.28. The van der Waals surface area contributed by atoms with Crippen molar-refractivity contribution in [2.75, 3.05) is 5.32 Å². The summed E-state index contributed by atoms with van der Waals surface area (Å²) >= 11 is 0. The van der Waals surface area contributed by atoms with Crippen LogP contribution in [0.2, 0.25) is 0 Å². The Hall–Kier alpha value is -2.14. The van der Waals surface area contributed by atoms with Crippen molar-refractivity contribution in [3.8, 4) is 0 Å². The van der Waals surface area contributed by atoms with Crippen LogP contribution in [0.15, 0.2) is 59.5 Å². The fraction of sp³-hybridized carbons (Fsp3) is 0.278. The zero-order chi connectivity index (χ0) is 16.3. The molecule has 0 atom stereocenters. The summed E-state index contributed by atoms with van der Waals surface area (Å²) in [5, 5.41) is 2.88. The summed E-state index contributed by atoms with van der Waals surface area (Å²) in [4.78, 5) is 12.3. The Kier molecular flexibility index (Phi) is 4.48. The molecule has 0 aliphatic heterocycles. The van der Waals surface area contributed by atoms with Gasteiger partial charge in [0.2, 0.25) is 5.91 Å². The van der Waals surface area contributed by atoms with E-state index in [0.29, 0.717) is 16.1 Å². The van der Waals surface area contributed by atoms with Gasteiger partial charge in [-0.05, 0) is 42.7 Å². The Morgan fingerprint density at radius 3 is 2.43 bits per heavy atom. The number of carbonyl (C=O) groups is 1. The summed E-state index contributed by atoms with van der Waals surface area (Å²) in [5.74, 6) is 0.0514. The number of benzene rings is 2. The molecule has 2 aromatic rings. The van der Waals surface area contributed by atoms with Gasteiger partial charge < -0.3 is 5.32 Å². The van der Waals surface area contributed by atoms with Crippen molar-refractivity contribution >= 4 is 21.4 Å². The van der Waals surface area contributed by atoms with Crippen LogP contribution in [0.3, 0.4) is 0 Å². The van der Waals surface area contributed by atoms with Gasteiger partial charge in [0.05, 0.1) is 10.6 Å². The van der Waals surface area contributed by atoms with Gasteiger partial charge in [0.1, 0.15) is 0 Å². The normalized spacial score (nSPS) is 15.0. The first-order valence-electron chi connectivity index (χ1n) is 7.72. The third kappa shape index (κ3) is 3.79. The molecule has 2 aromatic carbocycles. The molecule has 1 aliphatic carbocycles. The quantitative estimate of drug-likeness (QED) is 0.914. The Labute approximate surface area is 136 Å². The summed E-state index contributed by atoms with van der Waals surface area (Å²) in [5.41, 5.74) is 1.32. The van der Waals surface area contributed by atoms with Crippen molar-refractivity contribution in [3.05, 3.63) is 60.2 Å². The molecule has 3 rings (SSSR count). The van der Waals surface area contributed by atoms with Gasteiger partial charge in [-0.3, -0.25) is 4.79 Å². The molecule has 1 amide bonds. The smallest absolute Gasteiger partial charge is 0.227 e. The number of hydrogen-bond donors (Lipinski definition) is 1. The van der Waals surface area contributed by atoms with Crippen LogP contribution in [0.1, 0.15) is 24.8 Å². The van der Waals surface area contributed by atoms with E-state index < -0.39 is 9.84 Å². The number of nitrogens with one attached hydrogen (secondary N) is 1. The molecule has 0 radical (unpaired) electrons. The average Bonchev–Trinajstić information content (AvgIpc) is 2.46. The number of anilines is 1. The predicted molar refractivity (Wildman–Crippen MR) is 89.7 cm³/mol. The number of rotatable bonds is 5. The van der Waals surface area contributed by atoms with E-state index in [9.17, 15) is 13.2 Å². The molecule has 0 saturated heterocycles. The van der Waals surface area contributed by atoms with E-state index in [-0.39, 0.29) is 17.6 Å². The molecular weight excluding hydrogens is 310 g/mol. The molecule has 1 aliphatic rings. The first-order valence-corrected chi connectivity index (χ1v) is 9.37. The summed E-state index contributed by atoms with van der Waals surface area (Å²) in [7, 11) is -3.38. The topological polar surface area (TPSA) is 63.2 Å². The molecule has 1 N–H and O–H groups in total. The largest absolute Gasteiger partial charge is 0.326 e. The SMILES string of the molecule is O=C(Nc1cccc(CS(=O)(=O)c2ccccc2)c1)C1CCC1. The highest BCUT2D eigenvalue weighted by atomic mass is 32.2. The minimum Gasteiger partial charge on any atom is -0.326 e. The van der Waals surface area contributed by atoms with Gasteiger partial charge >= 0.3 is 0 Å². The zero-order valence-electron chi connectivity index (χ0n) is 12.7. The van der Waals surface area contributed by atoms with E-state index in [4.69, 9.17) is 0 Å². The van der Waals surface area contributed by atoms with Crippen molar-refractivity contribution in [1.82, 2.24) is 0 Å². The third-order valence-corrected chi connectivity index (χ3v) is 5.83. The van der Waals surface area contributed by atoms with Crippen molar-refractivity contribution in [2.24, 2.45) is 5.92 Å². The average molecular weight is 329 g/mol. The molecule has 1 saturated carbocycles. The molecular formula is C18H19NO3S. The van der Waals surface area contributed by atoms with Crippen LogP contribution in [-0.2, 0) is 20.4 Å². The van der Waals surface area contributed by atoms with Crippen molar-refractivity contribution < 1.29 is 13.2 Å². The second-order valence-electron chi connectivity index (χ2n) is 5.89.